The van der Waals surface area contributed by atoms with Gasteiger partial charge in [-0.05, 0) is 35.2 Å². The van der Waals surface area contributed by atoms with Crippen molar-refractivity contribution in [3.8, 4) is 11.5 Å². The van der Waals surface area contributed by atoms with Crippen LogP contribution in [0.1, 0.15) is 16.7 Å². The van der Waals surface area contributed by atoms with Gasteiger partial charge in [0.2, 0.25) is 6.79 Å². The molecule has 0 radical (unpaired) electrons. The van der Waals surface area contributed by atoms with Crippen molar-refractivity contribution in [1.29, 1.82) is 0 Å². The SMILES string of the molecule is O=C(NCc1ccc2c(c1)OCO2)N1CCc2ccccc2C1. The van der Waals surface area contributed by atoms with Crippen LogP contribution in [0.4, 0.5) is 4.79 Å². The third-order valence-electron chi connectivity index (χ3n) is 4.30. The fourth-order valence-electron chi connectivity index (χ4n) is 3.01. The van der Waals surface area contributed by atoms with Crippen LogP contribution in [0.5, 0.6) is 11.5 Å². The second kappa shape index (κ2) is 5.83. The quantitative estimate of drug-likeness (QED) is 0.928. The maximum atomic E-state index is 12.4. The molecule has 0 spiro atoms. The molecule has 5 nitrogen and oxygen atoms in total. The minimum Gasteiger partial charge on any atom is -0.454 e. The Labute approximate surface area is 134 Å². The van der Waals surface area contributed by atoms with Gasteiger partial charge in [-0.3, -0.25) is 0 Å². The number of carbonyl (C=O) groups excluding carboxylic acids is 1. The molecule has 2 heterocycles. The molecular weight excluding hydrogens is 292 g/mol. The summed E-state index contributed by atoms with van der Waals surface area (Å²) < 4.78 is 10.6. The molecule has 0 atom stereocenters. The van der Waals surface area contributed by atoms with Crippen molar-refractivity contribution >= 4 is 6.03 Å². The van der Waals surface area contributed by atoms with Crippen molar-refractivity contribution in [1.82, 2.24) is 10.2 Å². The molecule has 0 saturated carbocycles. The summed E-state index contributed by atoms with van der Waals surface area (Å²) >= 11 is 0. The Morgan fingerprint density at radius 1 is 1.09 bits per heavy atom. The van der Waals surface area contributed by atoms with Gasteiger partial charge in [-0.25, -0.2) is 4.79 Å². The van der Waals surface area contributed by atoms with E-state index in [1.54, 1.807) is 0 Å². The van der Waals surface area contributed by atoms with Crippen LogP contribution >= 0.6 is 0 Å². The average molecular weight is 310 g/mol. The number of ether oxygens (including phenoxy) is 2. The highest BCUT2D eigenvalue weighted by Crippen LogP contribution is 2.32. The van der Waals surface area contributed by atoms with Crippen molar-refractivity contribution in [3.63, 3.8) is 0 Å². The molecule has 2 aliphatic rings. The Bertz CT molecular complexity index is 745. The van der Waals surface area contributed by atoms with Gasteiger partial charge < -0.3 is 19.7 Å². The topological polar surface area (TPSA) is 50.8 Å². The molecule has 2 aliphatic heterocycles. The van der Waals surface area contributed by atoms with Crippen molar-refractivity contribution in [3.05, 3.63) is 59.2 Å². The summed E-state index contributed by atoms with van der Waals surface area (Å²) in [6, 6.07) is 14.0. The highest BCUT2D eigenvalue weighted by atomic mass is 16.7. The normalized spacial score (nSPS) is 15.2. The molecule has 0 unspecified atom stereocenters. The molecule has 4 rings (SSSR count). The number of urea groups is 1. The van der Waals surface area contributed by atoms with Crippen LogP contribution in [0.25, 0.3) is 0 Å². The van der Waals surface area contributed by atoms with Gasteiger partial charge in [0.15, 0.2) is 11.5 Å². The van der Waals surface area contributed by atoms with E-state index < -0.39 is 0 Å². The fourth-order valence-corrected chi connectivity index (χ4v) is 3.01. The smallest absolute Gasteiger partial charge is 0.317 e. The molecule has 2 aromatic carbocycles. The van der Waals surface area contributed by atoms with E-state index in [-0.39, 0.29) is 12.8 Å². The summed E-state index contributed by atoms with van der Waals surface area (Å²) in [4.78, 5) is 14.2. The van der Waals surface area contributed by atoms with Gasteiger partial charge >= 0.3 is 6.03 Å². The number of amides is 2. The first-order valence-electron chi connectivity index (χ1n) is 7.78. The summed E-state index contributed by atoms with van der Waals surface area (Å²) in [5.41, 5.74) is 3.57. The van der Waals surface area contributed by atoms with Crippen LogP contribution < -0.4 is 14.8 Å². The van der Waals surface area contributed by atoms with Crippen LogP contribution in [0.15, 0.2) is 42.5 Å². The average Bonchev–Trinajstić information content (AvgIpc) is 3.07. The van der Waals surface area contributed by atoms with Crippen molar-refractivity contribution < 1.29 is 14.3 Å². The summed E-state index contributed by atoms with van der Waals surface area (Å²) in [5.74, 6) is 1.50. The van der Waals surface area contributed by atoms with Crippen LogP contribution in [0.2, 0.25) is 0 Å². The number of benzene rings is 2. The zero-order valence-electron chi connectivity index (χ0n) is 12.7. The highest BCUT2D eigenvalue weighted by molar-refractivity contribution is 5.74. The Balaban J connectivity index is 1.37. The second-order valence-corrected chi connectivity index (χ2v) is 5.79. The fraction of sp³-hybridized carbons (Fsp3) is 0.278. The lowest BCUT2D eigenvalue weighted by Crippen LogP contribution is -2.42. The van der Waals surface area contributed by atoms with Crippen molar-refractivity contribution in [2.45, 2.75) is 19.5 Å². The lowest BCUT2D eigenvalue weighted by molar-refractivity contribution is 0.174. The highest BCUT2D eigenvalue weighted by Gasteiger charge is 2.20. The molecular formula is C18H18N2O3. The van der Waals surface area contributed by atoms with E-state index >= 15 is 0 Å². The molecule has 5 heteroatoms. The summed E-state index contributed by atoms with van der Waals surface area (Å²) in [6.07, 6.45) is 0.910. The zero-order chi connectivity index (χ0) is 15.6. The third-order valence-corrected chi connectivity index (χ3v) is 4.30. The van der Waals surface area contributed by atoms with E-state index in [1.165, 1.54) is 11.1 Å². The summed E-state index contributed by atoms with van der Waals surface area (Å²) in [6.45, 7) is 2.17. The summed E-state index contributed by atoms with van der Waals surface area (Å²) in [5, 5.41) is 2.98. The molecule has 2 amide bonds. The molecule has 118 valence electrons. The van der Waals surface area contributed by atoms with Gasteiger partial charge in [0.05, 0.1) is 0 Å². The van der Waals surface area contributed by atoms with E-state index in [2.05, 4.69) is 17.4 Å². The largest absolute Gasteiger partial charge is 0.454 e. The predicted octanol–water partition coefficient (Wildman–Crippen LogP) is 2.68. The van der Waals surface area contributed by atoms with Gasteiger partial charge in [-0.2, -0.15) is 0 Å². The lowest BCUT2D eigenvalue weighted by Gasteiger charge is -2.29. The van der Waals surface area contributed by atoms with Gasteiger partial charge in [-0.15, -0.1) is 0 Å². The first-order valence-corrected chi connectivity index (χ1v) is 7.78. The van der Waals surface area contributed by atoms with Crippen molar-refractivity contribution in [2.75, 3.05) is 13.3 Å². The Morgan fingerprint density at radius 3 is 2.83 bits per heavy atom. The number of nitrogens with one attached hydrogen (secondary N) is 1. The standard InChI is InChI=1S/C18H18N2O3/c21-18(20-8-7-14-3-1-2-4-15(14)11-20)19-10-13-5-6-16-17(9-13)23-12-22-16/h1-6,9H,7-8,10-12H2,(H,19,21). The van der Waals surface area contributed by atoms with Crippen LogP contribution in [0.3, 0.4) is 0 Å². The number of fused-ring (bicyclic) bond motifs is 2. The monoisotopic (exact) mass is 310 g/mol. The van der Waals surface area contributed by atoms with E-state index in [9.17, 15) is 4.79 Å². The molecule has 0 bridgehead atoms. The zero-order valence-corrected chi connectivity index (χ0v) is 12.7. The third kappa shape index (κ3) is 2.82. The molecule has 0 saturated heterocycles. The maximum Gasteiger partial charge on any atom is 0.317 e. The first kappa shape index (κ1) is 13.9. The molecule has 23 heavy (non-hydrogen) atoms. The number of nitrogens with zero attached hydrogens (tertiary/aromatic N) is 1. The Morgan fingerprint density at radius 2 is 1.91 bits per heavy atom. The van der Waals surface area contributed by atoms with Gasteiger partial charge in [0.25, 0.3) is 0 Å². The number of rotatable bonds is 2. The van der Waals surface area contributed by atoms with Gasteiger partial charge in [0.1, 0.15) is 0 Å². The van der Waals surface area contributed by atoms with Crippen LogP contribution in [-0.2, 0) is 19.5 Å². The van der Waals surface area contributed by atoms with E-state index in [0.717, 1.165) is 30.0 Å². The molecule has 0 aliphatic carbocycles. The molecule has 2 aromatic rings. The van der Waals surface area contributed by atoms with Crippen LogP contribution in [-0.4, -0.2) is 24.3 Å². The van der Waals surface area contributed by atoms with Gasteiger partial charge in [0, 0.05) is 19.6 Å². The lowest BCUT2D eigenvalue weighted by atomic mass is 10.0. The van der Waals surface area contributed by atoms with E-state index in [4.69, 9.17) is 9.47 Å². The predicted molar refractivity (Wildman–Crippen MR) is 85.4 cm³/mol. The Kier molecular flexibility index (Phi) is 3.54. The number of hydrogen-bond acceptors (Lipinski definition) is 3. The molecule has 1 N–H and O–H groups in total. The molecule has 0 fully saturated rings. The van der Waals surface area contributed by atoms with E-state index in [0.29, 0.717) is 13.1 Å². The maximum absolute atomic E-state index is 12.4. The summed E-state index contributed by atoms with van der Waals surface area (Å²) in [7, 11) is 0. The molecule has 0 aromatic heterocycles. The minimum absolute atomic E-state index is 0.0304. The number of carbonyl (C=O) groups is 1. The first-order chi connectivity index (χ1) is 11.3. The van der Waals surface area contributed by atoms with Gasteiger partial charge in [-0.1, -0.05) is 30.3 Å². The number of hydrogen-bond donors (Lipinski definition) is 1. The van der Waals surface area contributed by atoms with Crippen LogP contribution in [0, 0.1) is 0 Å². The minimum atomic E-state index is -0.0304. The van der Waals surface area contributed by atoms with E-state index in [1.807, 2.05) is 35.2 Å². The van der Waals surface area contributed by atoms with Crippen molar-refractivity contribution in [2.24, 2.45) is 0 Å². The Hall–Kier alpha value is -2.69. The second-order valence-electron chi connectivity index (χ2n) is 5.79.